The van der Waals surface area contributed by atoms with Gasteiger partial charge in [0.15, 0.2) is 0 Å². The van der Waals surface area contributed by atoms with E-state index in [1.807, 2.05) is 30.3 Å². The fourth-order valence-corrected chi connectivity index (χ4v) is 1.20. The largest absolute Gasteiger partial charge is 4.00 e. The molecule has 0 aromatic heterocycles. The molecule has 0 N–H and O–H groups in total. The zero-order valence-corrected chi connectivity index (χ0v) is 11.4. The summed E-state index contributed by atoms with van der Waals surface area (Å²) >= 11 is 0. The maximum Gasteiger partial charge on any atom is 4.00 e. The first-order valence-electron chi connectivity index (χ1n) is 3.53. The van der Waals surface area contributed by atoms with Gasteiger partial charge in [-0.1, -0.05) is 42.5 Å². The summed E-state index contributed by atoms with van der Waals surface area (Å²) in [5, 5.41) is 13.0. The first kappa shape index (κ1) is 20.5. The number of benzene rings is 2. The van der Waals surface area contributed by atoms with E-state index in [4.69, 9.17) is 0 Å². The van der Waals surface area contributed by atoms with Gasteiger partial charge < -0.3 is 42.3 Å². The van der Waals surface area contributed by atoms with Crippen molar-refractivity contribution in [3.63, 3.8) is 0 Å². The van der Waals surface area contributed by atoms with E-state index in [0.717, 1.165) is 10.8 Å². The molecule has 0 aliphatic carbocycles. The molecule has 0 heterocycles. The summed E-state index contributed by atoms with van der Waals surface area (Å²) in [7, 11) is 0. The van der Waals surface area contributed by atoms with Gasteiger partial charge >= 0.3 is 21.7 Å². The van der Waals surface area contributed by atoms with Crippen LogP contribution in [0.25, 0.3) is 10.8 Å². The number of fused-ring (bicyclic) bond motifs is 1. The van der Waals surface area contributed by atoms with Crippen molar-refractivity contribution in [2.45, 2.75) is 0 Å². The fourth-order valence-electron chi connectivity index (χ4n) is 1.20. The molecule has 0 bridgehead atoms. The predicted octanol–water partition coefficient (Wildman–Crippen LogP) is -7.08. The molecule has 0 aliphatic heterocycles. The van der Waals surface area contributed by atoms with Gasteiger partial charge in [-0.2, -0.15) is 0 Å². The van der Waals surface area contributed by atoms with Gasteiger partial charge in [-0.05, 0) is 10.8 Å². The minimum Gasteiger partial charge on any atom is -1.00 e. The summed E-state index contributed by atoms with van der Waals surface area (Å²) in [6.45, 7) is 0. The summed E-state index contributed by atoms with van der Waals surface area (Å²) < 4.78 is 0. The average Bonchev–Trinajstić information content (AvgIpc) is 2.06. The molecule has 2 aromatic rings. The van der Waals surface area contributed by atoms with E-state index in [1.165, 1.54) is 0 Å². The molecule has 0 saturated heterocycles. The van der Waals surface area contributed by atoms with Crippen molar-refractivity contribution in [3.8, 4) is 5.75 Å². The topological polar surface area (TPSA) is 23.1 Å². The normalized spacial score (nSPS) is 7.47. The Balaban J connectivity index is -0.000000360. The van der Waals surface area contributed by atoms with Gasteiger partial charge in [0.2, 0.25) is 0 Å². The Morgan fingerprint density at radius 1 is 0.733 bits per heavy atom. The van der Waals surface area contributed by atoms with Crippen LogP contribution in [0.4, 0.5) is 0 Å². The Morgan fingerprint density at radius 3 is 1.87 bits per heavy atom. The molecule has 2 rings (SSSR count). The van der Waals surface area contributed by atoms with E-state index >= 15 is 0 Å². The van der Waals surface area contributed by atoms with Crippen LogP contribution in [0.3, 0.4) is 0 Å². The monoisotopic (exact) mass is 296 g/mol. The van der Waals surface area contributed by atoms with Crippen LogP contribution in [0.2, 0.25) is 0 Å². The molecule has 78 valence electrons. The number of halogens is 3. The van der Waals surface area contributed by atoms with E-state index in [1.54, 1.807) is 12.1 Å². The smallest absolute Gasteiger partial charge is 1.00 e. The van der Waals surface area contributed by atoms with E-state index in [-0.39, 0.29) is 64.7 Å². The number of hydrogen-bond donors (Lipinski definition) is 0. The Morgan fingerprint density at radius 2 is 1.27 bits per heavy atom. The van der Waals surface area contributed by atoms with Crippen LogP contribution in [0.15, 0.2) is 42.5 Å². The van der Waals surface area contributed by atoms with Gasteiger partial charge in [-0.3, -0.25) is 0 Å². The zero-order valence-electron chi connectivity index (χ0n) is 7.58. The van der Waals surface area contributed by atoms with E-state index < -0.39 is 0 Å². The molecule has 0 spiro atoms. The van der Waals surface area contributed by atoms with E-state index in [2.05, 4.69) is 0 Å². The third-order valence-corrected chi connectivity index (χ3v) is 1.75. The second-order valence-electron chi connectivity index (χ2n) is 2.48. The maximum absolute atomic E-state index is 11.2. The van der Waals surface area contributed by atoms with Gasteiger partial charge in [-0.25, -0.2) is 0 Å². The number of rotatable bonds is 0. The standard InChI is InChI=1S/C10H8O.3ClH.Ti/c11-10-7-3-5-8-4-1-2-6-9(8)10;;;;/h1-7,11H;3*1H;/q;;;;+4/p-4. The van der Waals surface area contributed by atoms with Gasteiger partial charge in [0.1, 0.15) is 0 Å². The van der Waals surface area contributed by atoms with Crippen LogP contribution in [0.5, 0.6) is 5.75 Å². The first-order valence-corrected chi connectivity index (χ1v) is 3.53. The third-order valence-electron chi connectivity index (χ3n) is 1.75. The number of hydrogen-bond acceptors (Lipinski definition) is 1. The van der Waals surface area contributed by atoms with Crippen LogP contribution < -0.4 is 42.3 Å². The van der Waals surface area contributed by atoms with Crippen molar-refractivity contribution < 1.29 is 64.0 Å². The molecule has 5 heteroatoms. The molecule has 0 radical (unpaired) electrons. The van der Waals surface area contributed by atoms with Crippen LogP contribution in [-0.4, -0.2) is 0 Å². The van der Waals surface area contributed by atoms with Crippen LogP contribution >= 0.6 is 0 Å². The molecule has 0 amide bonds. The summed E-state index contributed by atoms with van der Waals surface area (Å²) in [4.78, 5) is 0. The second-order valence-corrected chi connectivity index (χ2v) is 2.48. The molecular weight excluding hydrogens is 290 g/mol. The van der Waals surface area contributed by atoms with Crippen LogP contribution in [-0.2, 0) is 21.7 Å². The SMILES string of the molecule is [Cl-].[Cl-].[Cl-].[O-]c1cccc2ccccc12.[Ti+4]. The Bertz CT molecular complexity index is 390. The Hall–Kier alpha value is 0.0843. The van der Waals surface area contributed by atoms with Crippen LogP contribution in [0, 0.1) is 0 Å². The third kappa shape index (κ3) is 4.63. The summed E-state index contributed by atoms with van der Waals surface area (Å²) in [6, 6.07) is 12.9. The maximum atomic E-state index is 11.2. The van der Waals surface area contributed by atoms with E-state index in [9.17, 15) is 5.11 Å². The Kier molecular flexibility index (Phi) is 12.7. The fraction of sp³-hybridized carbons (Fsp3) is 0. The van der Waals surface area contributed by atoms with Gasteiger partial charge in [-0.15, -0.1) is 5.75 Å². The average molecular weight is 297 g/mol. The van der Waals surface area contributed by atoms with Gasteiger partial charge in [0.25, 0.3) is 0 Å². The minimum atomic E-state index is 0. The molecule has 0 unspecified atom stereocenters. The Labute approximate surface area is 122 Å². The molecule has 0 atom stereocenters. The molecule has 1 nitrogen and oxygen atoms in total. The molecule has 15 heavy (non-hydrogen) atoms. The van der Waals surface area contributed by atoms with Gasteiger partial charge in [0.05, 0.1) is 0 Å². The van der Waals surface area contributed by atoms with Crippen molar-refractivity contribution in [3.05, 3.63) is 42.5 Å². The molecule has 0 saturated carbocycles. The predicted molar refractivity (Wildman–Crippen MR) is 43.4 cm³/mol. The van der Waals surface area contributed by atoms with Crippen molar-refractivity contribution in [2.24, 2.45) is 0 Å². The first-order chi connectivity index (χ1) is 5.38. The molecular formula is C10H7Cl3OTi. The van der Waals surface area contributed by atoms with Crippen LogP contribution in [0.1, 0.15) is 0 Å². The molecule has 0 aliphatic rings. The van der Waals surface area contributed by atoms with Crippen molar-refractivity contribution in [2.75, 3.05) is 0 Å². The molecule has 0 fully saturated rings. The minimum absolute atomic E-state index is 0. The summed E-state index contributed by atoms with van der Waals surface area (Å²) in [6.07, 6.45) is 0. The quantitative estimate of drug-likeness (QED) is 0.443. The van der Waals surface area contributed by atoms with E-state index in [0.29, 0.717) is 0 Å². The summed E-state index contributed by atoms with van der Waals surface area (Å²) in [5.74, 6) is 0.100. The van der Waals surface area contributed by atoms with Crippen molar-refractivity contribution in [1.29, 1.82) is 0 Å². The van der Waals surface area contributed by atoms with Gasteiger partial charge in [0, 0.05) is 0 Å². The molecule has 2 aromatic carbocycles. The van der Waals surface area contributed by atoms with Crippen molar-refractivity contribution >= 4 is 10.8 Å². The summed E-state index contributed by atoms with van der Waals surface area (Å²) in [5.41, 5.74) is 0. The van der Waals surface area contributed by atoms with Crippen molar-refractivity contribution in [1.82, 2.24) is 0 Å². The second kappa shape index (κ2) is 9.32. The zero-order chi connectivity index (χ0) is 7.68.